The van der Waals surface area contributed by atoms with Crippen LogP contribution in [0.5, 0.6) is 0 Å². The SMILES string of the molecule is CC.CC.Cc1c(C=O)c(C2CCCC2)nc2c1[C@@H](O)CC(C)(C)C2. The van der Waals surface area contributed by atoms with Crippen molar-refractivity contribution < 1.29 is 9.90 Å². The molecule has 1 N–H and O–H groups in total. The molecule has 0 saturated heterocycles. The Morgan fingerprint density at radius 2 is 1.68 bits per heavy atom. The summed E-state index contributed by atoms with van der Waals surface area (Å²) in [4.78, 5) is 16.5. The molecule has 3 rings (SSSR count). The Labute approximate surface area is 154 Å². The van der Waals surface area contributed by atoms with Crippen molar-refractivity contribution in [1.29, 1.82) is 0 Å². The highest BCUT2D eigenvalue weighted by Crippen LogP contribution is 2.44. The first-order valence-corrected chi connectivity index (χ1v) is 10.1. The van der Waals surface area contributed by atoms with E-state index in [1.165, 1.54) is 12.8 Å². The van der Waals surface area contributed by atoms with Crippen LogP contribution in [0.15, 0.2) is 0 Å². The predicted octanol–water partition coefficient (Wildman–Crippen LogP) is 5.92. The van der Waals surface area contributed by atoms with Gasteiger partial charge in [0, 0.05) is 22.7 Å². The summed E-state index contributed by atoms with van der Waals surface area (Å²) in [5.74, 6) is 0.427. The van der Waals surface area contributed by atoms with E-state index in [1.54, 1.807) is 0 Å². The third-order valence-electron chi connectivity index (χ3n) is 5.24. The quantitative estimate of drug-likeness (QED) is 0.676. The third-order valence-corrected chi connectivity index (χ3v) is 5.24. The maximum atomic E-state index is 11.6. The molecular formula is C22H37NO2. The Morgan fingerprint density at radius 1 is 1.12 bits per heavy atom. The van der Waals surface area contributed by atoms with Gasteiger partial charge in [0.2, 0.25) is 0 Å². The molecule has 1 heterocycles. The normalized spacial score (nSPS) is 21.4. The van der Waals surface area contributed by atoms with E-state index in [-0.39, 0.29) is 5.41 Å². The molecule has 1 fully saturated rings. The van der Waals surface area contributed by atoms with Gasteiger partial charge in [-0.25, -0.2) is 0 Å². The molecule has 1 atom stereocenters. The fraction of sp³-hybridized carbons (Fsp3) is 0.727. The third kappa shape index (κ3) is 4.69. The van der Waals surface area contributed by atoms with E-state index in [2.05, 4.69) is 13.8 Å². The van der Waals surface area contributed by atoms with Gasteiger partial charge >= 0.3 is 0 Å². The number of aliphatic hydroxyl groups is 1. The van der Waals surface area contributed by atoms with E-state index < -0.39 is 6.10 Å². The smallest absolute Gasteiger partial charge is 0.152 e. The molecule has 3 heteroatoms. The minimum Gasteiger partial charge on any atom is -0.388 e. The van der Waals surface area contributed by atoms with E-state index in [0.717, 1.165) is 60.0 Å². The van der Waals surface area contributed by atoms with Crippen LogP contribution in [-0.2, 0) is 6.42 Å². The van der Waals surface area contributed by atoms with Crippen molar-refractivity contribution in [2.75, 3.05) is 0 Å². The van der Waals surface area contributed by atoms with Gasteiger partial charge in [0.1, 0.15) is 0 Å². The van der Waals surface area contributed by atoms with Gasteiger partial charge in [-0.15, -0.1) is 0 Å². The molecule has 0 radical (unpaired) electrons. The molecule has 0 amide bonds. The lowest BCUT2D eigenvalue weighted by Crippen LogP contribution is -2.28. The van der Waals surface area contributed by atoms with Crippen LogP contribution >= 0.6 is 0 Å². The van der Waals surface area contributed by atoms with Crippen LogP contribution in [0.3, 0.4) is 0 Å². The number of aldehydes is 1. The standard InChI is InChI=1S/C18H25NO2.2C2H6/c1-11-13(10-20)17(12-6-4-5-7-12)19-14-8-18(2,3)9-15(21)16(11)14;2*1-2/h10,12,15,21H,4-9H2,1-3H3;2*1-2H3/t15-;;/m0../s1. The Kier molecular flexibility index (Phi) is 8.27. The monoisotopic (exact) mass is 347 g/mol. The van der Waals surface area contributed by atoms with E-state index >= 15 is 0 Å². The van der Waals surface area contributed by atoms with Crippen LogP contribution < -0.4 is 0 Å². The Morgan fingerprint density at radius 3 is 2.20 bits per heavy atom. The molecule has 2 aliphatic carbocycles. The van der Waals surface area contributed by atoms with Gasteiger partial charge in [0.15, 0.2) is 6.29 Å². The van der Waals surface area contributed by atoms with Crippen LogP contribution in [0.4, 0.5) is 0 Å². The van der Waals surface area contributed by atoms with E-state index in [4.69, 9.17) is 4.98 Å². The van der Waals surface area contributed by atoms with Crippen LogP contribution in [0.1, 0.15) is 119 Å². The van der Waals surface area contributed by atoms with Crippen molar-refractivity contribution in [2.24, 2.45) is 5.41 Å². The van der Waals surface area contributed by atoms with Gasteiger partial charge in [-0.3, -0.25) is 9.78 Å². The van der Waals surface area contributed by atoms with Crippen molar-refractivity contribution in [2.45, 2.75) is 99.0 Å². The summed E-state index contributed by atoms with van der Waals surface area (Å²) in [5.41, 5.74) is 4.69. The predicted molar refractivity (Wildman–Crippen MR) is 105 cm³/mol. The zero-order valence-electron chi connectivity index (χ0n) is 17.3. The number of aliphatic hydroxyl groups excluding tert-OH is 1. The number of nitrogens with zero attached hydrogens (tertiary/aromatic N) is 1. The summed E-state index contributed by atoms with van der Waals surface area (Å²) in [5, 5.41) is 10.5. The summed E-state index contributed by atoms with van der Waals surface area (Å²) in [6.07, 6.45) is 6.82. The molecular weight excluding hydrogens is 310 g/mol. The average molecular weight is 348 g/mol. The minimum absolute atomic E-state index is 0.0709. The number of carbonyl (C=O) groups is 1. The number of aromatic nitrogens is 1. The van der Waals surface area contributed by atoms with E-state index in [0.29, 0.717) is 5.92 Å². The van der Waals surface area contributed by atoms with Crippen molar-refractivity contribution in [1.82, 2.24) is 4.98 Å². The molecule has 1 aromatic heterocycles. The Bertz CT molecular complexity index is 572. The molecule has 1 aromatic rings. The fourth-order valence-corrected chi connectivity index (χ4v) is 4.21. The maximum Gasteiger partial charge on any atom is 0.152 e. The number of hydrogen-bond acceptors (Lipinski definition) is 3. The van der Waals surface area contributed by atoms with Crippen LogP contribution in [-0.4, -0.2) is 16.4 Å². The molecule has 0 unspecified atom stereocenters. The van der Waals surface area contributed by atoms with Crippen LogP contribution in [0, 0.1) is 12.3 Å². The topological polar surface area (TPSA) is 50.2 Å². The largest absolute Gasteiger partial charge is 0.388 e. The van der Waals surface area contributed by atoms with Gasteiger partial charge in [0.05, 0.1) is 11.8 Å². The lowest BCUT2D eigenvalue weighted by atomic mass is 9.73. The molecule has 2 aliphatic rings. The van der Waals surface area contributed by atoms with Gasteiger partial charge in [-0.2, -0.15) is 0 Å². The average Bonchev–Trinajstić information content (AvgIpc) is 3.11. The van der Waals surface area contributed by atoms with Crippen molar-refractivity contribution in [3.63, 3.8) is 0 Å². The summed E-state index contributed by atoms with van der Waals surface area (Å²) in [6, 6.07) is 0. The summed E-state index contributed by atoms with van der Waals surface area (Å²) in [7, 11) is 0. The summed E-state index contributed by atoms with van der Waals surface area (Å²) >= 11 is 0. The van der Waals surface area contributed by atoms with E-state index in [1.807, 2.05) is 34.6 Å². The number of pyridine rings is 1. The zero-order chi connectivity index (χ0) is 19.2. The zero-order valence-corrected chi connectivity index (χ0v) is 17.3. The molecule has 0 spiro atoms. The molecule has 142 valence electrons. The second kappa shape index (κ2) is 9.47. The van der Waals surface area contributed by atoms with Crippen molar-refractivity contribution >= 4 is 6.29 Å². The number of carbonyl (C=O) groups excluding carboxylic acids is 1. The lowest BCUT2D eigenvalue weighted by Gasteiger charge is -2.36. The van der Waals surface area contributed by atoms with Gasteiger partial charge in [-0.05, 0) is 43.6 Å². The first-order valence-electron chi connectivity index (χ1n) is 10.1. The fourth-order valence-electron chi connectivity index (χ4n) is 4.21. The van der Waals surface area contributed by atoms with Gasteiger partial charge in [0.25, 0.3) is 0 Å². The van der Waals surface area contributed by atoms with Crippen molar-refractivity contribution in [3.05, 3.63) is 28.1 Å². The maximum absolute atomic E-state index is 11.6. The Balaban J connectivity index is 0.000000730. The Hall–Kier alpha value is -1.22. The minimum atomic E-state index is -0.493. The van der Waals surface area contributed by atoms with Crippen LogP contribution in [0.25, 0.3) is 0 Å². The lowest BCUT2D eigenvalue weighted by molar-refractivity contribution is 0.0971. The summed E-state index contributed by atoms with van der Waals surface area (Å²) in [6.45, 7) is 14.3. The van der Waals surface area contributed by atoms with Gasteiger partial charge < -0.3 is 5.11 Å². The second-order valence-electron chi connectivity index (χ2n) is 7.56. The number of fused-ring (bicyclic) bond motifs is 1. The highest BCUT2D eigenvalue weighted by Gasteiger charge is 2.35. The molecule has 25 heavy (non-hydrogen) atoms. The van der Waals surface area contributed by atoms with Crippen LogP contribution in [0.2, 0.25) is 0 Å². The first-order chi connectivity index (χ1) is 11.9. The first kappa shape index (κ1) is 21.8. The highest BCUT2D eigenvalue weighted by molar-refractivity contribution is 5.80. The molecule has 0 bridgehead atoms. The number of hydrogen-bond donors (Lipinski definition) is 1. The van der Waals surface area contributed by atoms with Gasteiger partial charge in [-0.1, -0.05) is 54.4 Å². The molecule has 0 aliphatic heterocycles. The molecule has 0 aromatic carbocycles. The number of rotatable bonds is 2. The second-order valence-corrected chi connectivity index (χ2v) is 7.56. The molecule has 3 nitrogen and oxygen atoms in total. The van der Waals surface area contributed by atoms with E-state index in [9.17, 15) is 9.90 Å². The highest BCUT2D eigenvalue weighted by atomic mass is 16.3. The van der Waals surface area contributed by atoms with Crippen molar-refractivity contribution in [3.8, 4) is 0 Å². The molecule has 1 saturated carbocycles. The summed E-state index contributed by atoms with van der Waals surface area (Å²) < 4.78 is 0.